The molecule has 1 aliphatic rings. The highest BCUT2D eigenvalue weighted by atomic mass is 16.1. The van der Waals surface area contributed by atoms with Crippen molar-refractivity contribution in [1.82, 2.24) is 25.8 Å². The summed E-state index contributed by atoms with van der Waals surface area (Å²) in [5, 5.41) is 12.8. The average molecular weight is 251 g/mol. The number of rotatable bonds is 6. The Bertz CT molecular complexity index is 345. The third kappa shape index (κ3) is 4.44. The van der Waals surface area contributed by atoms with E-state index in [0.717, 1.165) is 25.3 Å². The lowest BCUT2D eigenvalue weighted by Gasteiger charge is -2.22. The SMILES string of the molecule is O=C(CCC1CCNCC1)NCCc1ncn[nH]1. The molecule has 1 fully saturated rings. The van der Waals surface area contributed by atoms with Crippen molar-refractivity contribution in [2.75, 3.05) is 19.6 Å². The molecule has 0 aliphatic carbocycles. The second-order valence-electron chi connectivity index (χ2n) is 4.76. The van der Waals surface area contributed by atoms with Crippen molar-refractivity contribution in [2.45, 2.75) is 32.1 Å². The number of H-pyrrole nitrogens is 1. The fourth-order valence-corrected chi connectivity index (χ4v) is 2.27. The Morgan fingerprint density at radius 2 is 2.28 bits per heavy atom. The van der Waals surface area contributed by atoms with Crippen LogP contribution in [0.4, 0.5) is 0 Å². The van der Waals surface area contributed by atoms with E-state index in [1.165, 1.54) is 19.2 Å². The van der Waals surface area contributed by atoms with Crippen molar-refractivity contribution in [2.24, 2.45) is 5.92 Å². The topological polar surface area (TPSA) is 82.7 Å². The van der Waals surface area contributed by atoms with Crippen LogP contribution in [0.25, 0.3) is 0 Å². The van der Waals surface area contributed by atoms with Crippen LogP contribution in [0.15, 0.2) is 6.33 Å². The van der Waals surface area contributed by atoms with Gasteiger partial charge in [0, 0.05) is 19.4 Å². The van der Waals surface area contributed by atoms with Gasteiger partial charge in [-0.3, -0.25) is 9.89 Å². The number of aromatic nitrogens is 3. The quantitative estimate of drug-likeness (QED) is 0.676. The third-order valence-electron chi connectivity index (χ3n) is 3.39. The summed E-state index contributed by atoms with van der Waals surface area (Å²) in [4.78, 5) is 15.6. The second kappa shape index (κ2) is 7.10. The monoisotopic (exact) mass is 251 g/mol. The molecule has 0 saturated carbocycles. The second-order valence-corrected chi connectivity index (χ2v) is 4.76. The van der Waals surface area contributed by atoms with E-state index in [-0.39, 0.29) is 5.91 Å². The fourth-order valence-electron chi connectivity index (χ4n) is 2.27. The van der Waals surface area contributed by atoms with Crippen LogP contribution in [-0.4, -0.2) is 40.7 Å². The molecule has 1 aromatic rings. The normalized spacial score (nSPS) is 16.7. The van der Waals surface area contributed by atoms with Crippen LogP contribution in [-0.2, 0) is 11.2 Å². The number of carbonyl (C=O) groups is 1. The Balaban J connectivity index is 1.54. The molecule has 18 heavy (non-hydrogen) atoms. The van der Waals surface area contributed by atoms with E-state index in [1.807, 2.05) is 0 Å². The summed E-state index contributed by atoms with van der Waals surface area (Å²) in [6.45, 7) is 2.82. The average Bonchev–Trinajstić information content (AvgIpc) is 2.91. The Morgan fingerprint density at radius 3 is 3.00 bits per heavy atom. The number of nitrogens with one attached hydrogen (secondary N) is 3. The van der Waals surface area contributed by atoms with Gasteiger partial charge in [0.25, 0.3) is 0 Å². The minimum atomic E-state index is 0.146. The molecule has 1 amide bonds. The Hall–Kier alpha value is -1.43. The van der Waals surface area contributed by atoms with Crippen molar-refractivity contribution in [3.8, 4) is 0 Å². The zero-order valence-electron chi connectivity index (χ0n) is 10.6. The molecular formula is C12H21N5O. The first-order valence-electron chi connectivity index (χ1n) is 6.66. The van der Waals surface area contributed by atoms with Gasteiger partial charge in [0.2, 0.25) is 5.91 Å². The highest BCUT2D eigenvalue weighted by molar-refractivity contribution is 5.75. The van der Waals surface area contributed by atoms with E-state index in [1.54, 1.807) is 0 Å². The summed E-state index contributed by atoms with van der Waals surface area (Å²) in [6, 6.07) is 0. The molecule has 6 heteroatoms. The summed E-state index contributed by atoms with van der Waals surface area (Å²) < 4.78 is 0. The molecule has 0 atom stereocenters. The largest absolute Gasteiger partial charge is 0.356 e. The van der Waals surface area contributed by atoms with Crippen molar-refractivity contribution in [1.29, 1.82) is 0 Å². The number of carbonyl (C=O) groups excluding carboxylic acids is 1. The van der Waals surface area contributed by atoms with Gasteiger partial charge in [-0.05, 0) is 38.3 Å². The van der Waals surface area contributed by atoms with Crippen LogP contribution in [0.1, 0.15) is 31.5 Å². The van der Waals surface area contributed by atoms with Gasteiger partial charge in [-0.25, -0.2) is 4.98 Å². The molecule has 2 rings (SSSR count). The first kappa shape index (κ1) is 13.0. The molecule has 1 saturated heterocycles. The predicted molar refractivity (Wildman–Crippen MR) is 67.9 cm³/mol. The molecule has 0 bridgehead atoms. The highest BCUT2D eigenvalue weighted by Crippen LogP contribution is 2.17. The van der Waals surface area contributed by atoms with Crippen LogP contribution in [0.3, 0.4) is 0 Å². The molecule has 2 heterocycles. The molecule has 0 spiro atoms. The third-order valence-corrected chi connectivity index (χ3v) is 3.39. The molecule has 6 nitrogen and oxygen atoms in total. The number of piperidine rings is 1. The van der Waals surface area contributed by atoms with Crippen LogP contribution < -0.4 is 10.6 Å². The number of aromatic amines is 1. The van der Waals surface area contributed by atoms with Crippen molar-refractivity contribution < 1.29 is 4.79 Å². The van der Waals surface area contributed by atoms with E-state index in [9.17, 15) is 4.79 Å². The van der Waals surface area contributed by atoms with Crippen molar-refractivity contribution in [3.05, 3.63) is 12.2 Å². The van der Waals surface area contributed by atoms with Gasteiger partial charge in [-0.1, -0.05) is 0 Å². The number of nitrogens with zero attached hydrogens (tertiary/aromatic N) is 2. The summed E-state index contributed by atoms with van der Waals surface area (Å²) in [7, 11) is 0. The molecule has 0 unspecified atom stereocenters. The van der Waals surface area contributed by atoms with Gasteiger partial charge in [0.15, 0.2) is 0 Å². The van der Waals surface area contributed by atoms with Gasteiger partial charge in [0.05, 0.1) is 0 Å². The first-order valence-corrected chi connectivity index (χ1v) is 6.66. The maximum Gasteiger partial charge on any atom is 0.220 e. The van der Waals surface area contributed by atoms with E-state index in [0.29, 0.717) is 25.3 Å². The molecule has 1 aromatic heterocycles. The Labute approximate surface area is 107 Å². The molecule has 0 aromatic carbocycles. The van der Waals surface area contributed by atoms with Gasteiger partial charge < -0.3 is 10.6 Å². The summed E-state index contributed by atoms with van der Waals surface area (Å²) >= 11 is 0. The Morgan fingerprint density at radius 1 is 1.44 bits per heavy atom. The molecule has 3 N–H and O–H groups in total. The zero-order valence-corrected chi connectivity index (χ0v) is 10.6. The standard InChI is InChI=1S/C12H21N5O/c18-12(2-1-10-3-6-13-7-4-10)14-8-5-11-15-9-16-17-11/h9-10,13H,1-8H2,(H,14,18)(H,15,16,17). The summed E-state index contributed by atoms with van der Waals surface area (Å²) in [5.41, 5.74) is 0. The molecular weight excluding hydrogens is 230 g/mol. The van der Waals surface area contributed by atoms with Crippen molar-refractivity contribution in [3.63, 3.8) is 0 Å². The van der Waals surface area contributed by atoms with Gasteiger partial charge >= 0.3 is 0 Å². The predicted octanol–water partition coefficient (Wildman–Crippen LogP) is 0.243. The minimum Gasteiger partial charge on any atom is -0.356 e. The molecule has 1 aliphatic heterocycles. The maximum absolute atomic E-state index is 11.6. The van der Waals surface area contributed by atoms with E-state index in [4.69, 9.17) is 0 Å². The number of amides is 1. The van der Waals surface area contributed by atoms with Gasteiger partial charge in [-0.15, -0.1) is 0 Å². The van der Waals surface area contributed by atoms with Gasteiger partial charge in [0.1, 0.15) is 12.2 Å². The van der Waals surface area contributed by atoms with Gasteiger partial charge in [-0.2, -0.15) is 5.10 Å². The van der Waals surface area contributed by atoms with Crippen LogP contribution >= 0.6 is 0 Å². The lowest BCUT2D eigenvalue weighted by molar-refractivity contribution is -0.121. The fraction of sp³-hybridized carbons (Fsp3) is 0.750. The molecule has 0 radical (unpaired) electrons. The minimum absolute atomic E-state index is 0.146. The Kier molecular flexibility index (Phi) is 5.14. The van der Waals surface area contributed by atoms with Crippen LogP contribution in [0, 0.1) is 5.92 Å². The summed E-state index contributed by atoms with van der Waals surface area (Å²) in [5.74, 6) is 1.67. The van der Waals surface area contributed by atoms with E-state index >= 15 is 0 Å². The first-order chi connectivity index (χ1) is 8.84. The van der Waals surface area contributed by atoms with Crippen molar-refractivity contribution >= 4 is 5.91 Å². The maximum atomic E-state index is 11.6. The smallest absolute Gasteiger partial charge is 0.220 e. The highest BCUT2D eigenvalue weighted by Gasteiger charge is 2.14. The van der Waals surface area contributed by atoms with Crippen LogP contribution in [0.2, 0.25) is 0 Å². The lowest BCUT2D eigenvalue weighted by Crippen LogP contribution is -2.30. The van der Waals surface area contributed by atoms with E-state index < -0.39 is 0 Å². The van der Waals surface area contributed by atoms with E-state index in [2.05, 4.69) is 25.8 Å². The van der Waals surface area contributed by atoms with Crippen LogP contribution in [0.5, 0.6) is 0 Å². The zero-order chi connectivity index (χ0) is 12.6. The number of hydrogen-bond acceptors (Lipinski definition) is 4. The summed E-state index contributed by atoms with van der Waals surface area (Å²) in [6.07, 6.45) is 6.24. The number of hydrogen-bond donors (Lipinski definition) is 3. The molecule has 100 valence electrons. The lowest BCUT2D eigenvalue weighted by atomic mass is 9.93.